The Hall–Kier alpha value is -3.32. The molecule has 0 saturated heterocycles. The second-order valence-corrected chi connectivity index (χ2v) is 8.70. The summed E-state index contributed by atoms with van der Waals surface area (Å²) in [6.07, 6.45) is 1.51. The maximum absolute atomic E-state index is 12.1. The molecule has 0 spiro atoms. The van der Waals surface area contributed by atoms with Gasteiger partial charge in [-0.2, -0.15) is 9.78 Å². The van der Waals surface area contributed by atoms with Gasteiger partial charge in [0.05, 0.1) is 30.2 Å². The summed E-state index contributed by atoms with van der Waals surface area (Å²) in [5, 5.41) is 27.5. The lowest BCUT2D eigenvalue weighted by Gasteiger charge is -2.08. The van der Waals surface area contributed by atoms with Gasteiger partial charge in [-0.15, -0.1) is 10.2 Å². The fourth-order valence-corrected chi connectivity index (χ4v) is 4.35. The molecule has 0 aliphatic rings. The van der Waals surface area contributed by atoms with Gasteiger partial charge in [0.25, 0.3) is 5.91 Å². The van der Waals surface area contributed by atoms with Gasteiger partial charge in [0.15, 0.2) is 4.34 Å². The molecule has 2 aromatic heterocycles. The standard InChI is InChI=1S/C18H19N7O4S2/c1-11-6-16(25(27)28)23-24(11)9-17(26)21-19-8-13-4-5-15(29-3)14(7-13)10-30-18-22-20-12(2)31-18/h4-8H,9-10H2,1-3H3,(H,21,26). The van der Waals surface area contributed by atoms with Crippen molar-refractivity contribution < 1.29 is 14.5 Å². The highest BCUT2D eigenvalue weighted by atomic mass is 32.2. The van der Waals surface area contributed by atoms with Crippen molar-refractivity contribution in [2.75, 3.05) is 7.11 Å². The second kappa shape index (κ2) is 10.1. The van der Waals surface area contributed by atoms with Crippen molar-refractivity contribution in [3.05, 3.63) is 56.2 Å². The summed E-state index contributed by atoms with van der Waals surface area (Å²) in [7, 11) is 1.61. The molecule has 2 heterocycles. The Bertz CT molecular complexity index is 1130. The molecule has 0 atom stereocenters. The monoisotopic (exact) mass is 461 g/mol. The molecule has 3 rings (SSSR count). The van der Waals surface area contributed by atoms with Crippen molar-refractivity contribution in [1.82, 2.24) is 25.4 Å². The third kappa shape index (κ3) is 6.08. The normalized spacial score (nSPS) is 11.1. The number of carbonyl (C=O) groups excluding carboxylic acids is 1. The van der Waals surface area contributed by atoms with E-state index in [4.69, 9.17) is 4.74 Å². The number of ether oxygens (including phenoxy) is 1. The highest BCUT2D eigenvalue weighted by Gasteiger charge is 2.17. The van der Waals surface area contributed by atoms with Gasteiger partial charge in [-0.25, -0.2) is 5.43 Å². The Morgan fingerprint density at radius 2 is 2.19 bits per heavy atom. The number of hydrogen-bond acceptors (Lipinski definition) is 10. The Labute approximate surface area is 185 Å². The van der Waals surface area contributed by atoms with Crippen molar-refractivity contribution in [3.8, 4) is 5.75 Å². The average Bonchev–Trinajstić information content (AvgIpc) is 3.32. The number of nitrogens with one attached hydrogen (secondary N) is 1. The smallest absolute Gasteiger partial charge is 0.390 e. The van der Waals surface area contributed by atoms with E-state index in [1.807, 2.05) is 25.1 Å². The first kappa shape index (κ1) is 22.4. The van der Waals surface area contributed by atoms with Crippen LogP contribution in [0.3, 0.4) is 0 Å². The number of hydrogen-bond donors (Lipinski definition) is 1. The van der Waals surface area contributed by atoms with Gasteiger partial charge in [-0.3, -0.25) is 4.79 Å². The molecular weight excluding hydrogens is 442 g/mol. The molecule has 0 bridgehead atoms. The molecular formula is C18H19N7O4S2. The van der Waals surface area contributed by atoms with Crippen molar-refractivity contribution in [3.63, 3.8) is 0 Å². The summed E-state index contributed by atoms with van der Waals surface area (Å²) in [6, 6.07) is 6.86. The van der Waals surface area contributed by atoms with E-state index in [1.165, 1.54) is 28.3 Å². The van der Waals surface area contributed by atoms with Crippen LogP contribution in [0, 0.1) is 24.0 Å². The summed E-state index contributed by atoms with van der Waals surface area (Å²) in [6.45, 7) is 3.36. The van der Waals surface area contributed by atoms with Crippen LogP contribution in [0.5, 0.6) is 5.75 Å². The maximum atomic E-state index is 12.1. The van der Waals surface area contributed by atoms with E-state index < -0.39 is 10.8 Å². The molecule has 0 aliphatic carbocycles. The highest BCUT2D eigenvalue weighted by Crippen LogP contribution is 2.30. The van der Waals surface area contributed by atoms with Crippen LogP contribution >= 0.6 is 23.1 Å². The van der Waals surface area contributed by atoms with Crippen molar-refractivity contribution in [2.45, 2.75) is 30.5 Å². The molecule has 0 unspecified atom stereocenters. The van der Waals surface area contributed by atoms with E-state index in [1.54, 1.807) is 25.8 Å². The zero-order chi connectivity index (χ0) is 22.4. The molecule has 1 amide bonds. The van der Waals surface area contributed by atoms with Crippen LogP contribution in [0.15, 0.2) is 33.7 Å². The maximum Gasteiger partial charge on any atom is 0.390 e. The Morgan fingerprint density at radius 1 is 1.39 bits per heavy atom. The first-order chi connectivity index (χ1) is 14.9. The molecule has 0 fully saturated rings. The van der Waals surface area contributed by atoms with E-state index in [0.717, 1.165) is 26.2 Å². The largest absolute Gasteiger partial charge is 0.496 e. The predicted octanol–water partition coefficient (Wildman–Crippen LogP) is 2.71. The average molecular weight is 462 g/mol. The minimum atomic E-state index is -0.606. The van der Waals surface area contributed by atoms with Crippen LogP contribution in [-0.4, -0.2) is 44.1 Å². The predicted molar refractivity (Wildman–Crippen MR) is 117 cm³/mol. The first-order valence-corrected chi connectivity index (χ1v) is 10.8. The minimum absolute atomic E-state index is 0.178. The minimum Gasteiger partial charge on any atom is -0.496 e. The van der Waals surface area contributed by atoms with Crippen LogP contribution in [0.25, 0.3) is 0 Å². The number of aromatic nitrogens is 4. The zero-order valence-electron chi connectivity index (χ0n) is 16.9. The Kier molecular flexibility index (Phi) is 7.31. The Balaban J connectivity index is 1.60. The molecule has 0 saturated carbocycles. The SMILES string of the molecule is COc1ccc(C=NNC(=O)Cn2nc([N+](=O)[O-])cc2C)cc1CSc1nnc(C)s1. The molecule has 31 heavy (non-hydrogen) atoms. The molecule has 0 aliphatic heterocycles. The zero-order valence-corrected chi connectivity index (χ0v) is 18.6. The van der Waals surface area contributed by atoms with Gasteiger partial charge < -0.3 is 14.9 Å². The summed E-state index contributed by atoms with van der Waals surface area (Å²) in [5.74, 6) is 0.628. The van der Waals surface area contributed by atoms with E-state index in [0.29, 0.717) is 11.4 Å². The third-order valence-corrected chi connectivity index (χ3v) is 6.04. The van der Waals surface area contributed by atoms with Gasteiger partial charge in [-0.1, -0.05) is 23.1 Å². The fourth-order valence-electron chi connectivity index (χ4n) is 2.56. The summed E-state index contributed by atoms with van der Waals surface area (Å²) >= 11 is 3.09. The van der Waals surface area contributed by atoms with E-state index in [2.05, 4.69) is 25.8 Å². The molecule has 13 heteroatoms. The Morgan fingerprint density at radius 3 is 2.84 bits per heavy atom. The van der Waals surface area contributed by atoms with E-state index in [9.17, 15) is 14.9 Å². The number of nitrogens with zero attached hydrogens (tertiary/aromatic N) is 6. The molecule has 0 radical (unpaired) electrons. The molecule has 162 valence electrons. The van der Waals surface area contributed by atoms with Crippen LogP contribution in [-0.2, 0) is 17.1 Å². The van der Waals surface area contributed by atoms with Gasteiger partial charge in [-0.05, 0) is 42.5 Å². The van der Waals surface area contributed by atoms with Crippen molar-refractivity contribution in [2.24, 2.45) is 5.10 Å². The van der Waals surface area contributed by atoms with E-state index >= 15 is 0 Å². The van der Waals surface area contributed by atoms with Crippen molar-refractivity contribution in [1.29, 1.82) is 0 Å². The molecule has 11 nitrogen and oxygen atoms in total. The van der Waals surface area contributed by atoms with Crippen LogP contribution in [0.4, 0.5) is 5.82 Å². The number of benzene rings is 1. The van der Waals surface area contributed by atoms with Gasteiger partial charge >= 0.3 is 5.82 Å². The number of amides is 1. The second-order valence-electron chi connectivity index (χ2n) is 6.30. The number of aryl methyl sites for hydroxylation is 2. The van der Waals surface area contributed by atoms with Crippen LogP contribution in [0.1, 0.15) is 21.8 Å². The summed E-state index contributed by atoms with van der Waals surface area (Å²) in [5.41, 5.74) is 4.64. The molecule has 3 aromatic rings. The van der Waals surface area contributed by atoms with Gasteiger partial charge in [0, 0.05) is 11.3 Å². The van der Waals surface area contributed by atoms with Crippen LogP contribution < -0.4 is 10.2 Å². The number of methoxy groups -OCH3 is 1. The topological polar surface area (TPSA) is 137 Å². The number of thioether (sulfide) groups is 1. The highest BCUT2D eigenvalue weighted by molar-refractivity contribution is 8.00. The lowest BCUT2D eigenvalue weighted by molar-refractivity contribution is -0.389. The number of nitro groups is 1. The lowest BCUT2D eigenvalue weighted by Crippen LogP contribution is -2.24. The third-order valence-electron chi connectivity index (χ3n) is 4.01. The number of rotatable bonds is 9. The van der Waals surface area contributed by atoms with Crippen LogP contribution in [0.2, 0.25) is 0 Å². The molecule has 1 aromatic carbocycles. The quantitative estimate of drug-likeness (QED) is 0.222. The fraction of sp³-hybridized carbons (Fsp3) is 0.278. The van der Waals surface area contributed by atoms with Gasteiger partial charge in [0.1, 0.15) is 17.3 Å². The van der Waals surface area contributed by atoms with Gasteiger partial charge in [0.2, 0.25) is 0 Å². The summed E-state index contributed by atoms with van der Waals surface area (Å²) in [4.78, 5) is 22.2. The van der Waals surface area contributed by atoms with Crippen molar-refractivity contribution >= 4 is 41.0 Å². The number of hydrazone groups is 1. The summed E-state index contributed by atoms with van der Waals surface area (Å²) < 4.78 is 7.54. The van der Waals surface area contributed by atoms with E-state index in [-0.39, 0.29) is 12.4 Å². The molecule has 1 N–H and O–H groups in total. The lowest BCUT2D eigenvalue weighted by atomic mass is 10.1. The first-order valence-electron chi connectivity index (χ1n) is 8.96. The number of carbonyl (C=O) groups is 1.